The van der Waals surface area contributed by atoms with Gasteiger partial charge in [0.1, 0.15) is 23.9 Å². The van der Waals surface area contributed by atoms with E-state index in [0.29, 0.717) is 6.42 Å². The SMILES string of the molecule is COC(=O)[C@@H](CC(C)C)NC(=O)[C@H](Cc1ccccc1)NC(=O)CNC(=O)[C@@H](C)NC(=O)[C@@H](N)Cc1ccc(O)cc1. The Hall–Kier alpha value is -4.45. The number of hydrogen-bond donors (Lipinski definition) is 6. The Morgan fingerprint density at radius 2 is 1.40 bits per heavy atom. The van der Waals surface area contributed by atoms with E-state index in [-0.39, 0.29) is 24.5 Å². The molecule has 2 aromatic rings. The maximum atomic E-state index is 13.2. The lowest BCUT2D eigenvalue weighted by atomic mass is 10.0. The third kappa shape index (κ3) is 11.6. The van der Waals surface area contributed by atoms with Gasteiger partial charge >= 0.3 is 5.97 Å². The predicted octanol–water partition coefficient (Wildman–Crippen LogP) is 0.314. The van der Waals surface area contributed by atoms with Gasteiger partial charge in [0.15, 0.2) is 0 Å². The summed E-state index contributed by atoms with van der Waals surface area (Å²) in [7, 11) is 1.24. The van der Waals surface area contributed by atoms with E-state index < -0.39 is 60.3 Å². The van der Waals surface area contributed by atoms with E-state index in [0.717, 1.165) is 11.1 Å². The van der Waals surface area contributed by atoms with Crippen LogP contribution in [0.3, 0.4) is 0 Å². The van der Waals surface area contributed by atoms with E-state index >= 15 is 0 Å². The summed E-state index contributed by atoms with van der Waals surface area (Å²) >= 11 is 0. The van der Waals surface area contributed by atoms with Crippen molar-refractivity contribution in [3.63, 3.8) is 0 Å². The highest BCUT2D eigenvalue weighted by molar-refractivity contribution is 5.94. The second kappa shape index (κ2) is 16.7. The van der Waals surface area contributed by atoms with E-state index in [2.05, 4.69) is 21.3 Å². The van der Waals surface area contributed by atoms with E-state index in [4.69, 9.17) is 10.5 Å². The van der Waals surface area contributed by atoms with Gasteiger partial charge < -0.3 is 36.8 Å². The van der Waals surface area contributed by atoms with Crippen LogP contribution in [-0.2, 0) is 41.6 Å². The zero-order valence-corrected chi connectivity index (χ0v) is 24.4. The standard InChI is InChI=1S/C30H41N5O7/c1-18(2)14-25(30(41)42-4)35-29(40)24(16-20-8-6-5-7-9-20)34-26(37)17-32-27(38)19(3)33-28(39)23(31)15-21-10-12-22(36)13-11-21/h5-13,18-19,23-25,36H,14-17,31H2,1-4H3,(H,32,38)(H,33,39)(H,34,37)(H,35,40)/t19-,23+,24+,25-/m1/s1. The topological polar surface area (TPSA) is 189 Å². The molecule has 0 aliphatic heterocycles. The quantitative estimate of drug-likeness (QED) is 0.162. The summed E-state index contributed by atoms with van der Waals surface area (Å²) in [5.74, 6) is -2.80. The Bertz CT molecular complexity index is 1200. The molecule has 0 fully saturated rings. The summed E-state index contributed by atoms with van der Waals surface area (Å²) < 4.78 is 4.82. The van der Waals surface area contributed by atoms with E-state index in [1.165, 1.54) is 26.2 Å². The summed E-state index contributed by atoms with van der Waals surface area (Å²) in [6, 6.07) is 11.4. The molecule has 12 heteroatoms. The van der Waals surface area contributed by atoms with Gasteiger partial charge in [-0.05, 0) is 48.9 Å². The number of aromatic hydroxyl groups is 1. The van der Waals surface area contributed by atoms with Crippen molar-refractivity contribution >= 4 is 29.6 Å². The fraction of sp³-hybridized carbons (Fsp3) is 0.433. The highest BCUT2D eigenvalue weighted by Gasteiger charge is 2.28. The van der Waals surface area contributed by atoms with Gasteiger partial charge in [-0.25, -0.2) is 4.79 Å². The first-order valence-electron chi connectivity index (χ1n) is 13.7. The molecule has 0 saturated carbocycles. The van der Waals surface area contributed by atoms with Gasteiger partial charge in [-0.1, -0.05) is 56.3 Å². The number of ether oxygens (including phenoxy) is 1. The molecular formula is C30H41N5O7. The van der Waals surface area contributed by atoms with Crippen molar-refractivity contribution in [1.82, 2.24) is 21.3 Å². The third-order valence-corrected chi connectivity index (χ3v) is 6.35. The smallest absolute Gasteiger partial charge is 0.328 e. The van der Waals surface area contributed by atoms with Gasteiger partial charge in [0, 0.05) is 6.42 Å². The lowest BCUT2D eigenvalue weighted by Crippen LogP contribution is -2.55. The lowest BCUT2D eigenvalue weighted by Gasteiger charge is -2.23. The number of esters is 1. The lowest BCUT2D eigenvalue weighted by molar-refractivity contribution is -0.145. The predicted molar refractivity (Wildman–Crippen MR) is 156 cm³/mol. The molecule has 0 aliphatic rings. The fourth-order valence-electron chi connectivity index (χ4n) is 4.09. The van der Waals surface area contributed by atoms with Crippen LogP contribution in [0.5, 0.6) is 5.75 Å². The fourth-order valence-corrected chi connectivity index (χ4v) is 4.09. The summed E-state index contributed by atoms with van der Waals surface area (Å²) in [5, 5.41) is 19.6. The van der Waals surface area contributed by atoms with Crippen LogP contribution >= 0.6 is 0 Å². The molecule has 0 bridgehead atoms. The van der Waals surface area contributed by atoms with Crippen molar-refractivity contribution in [3.05, 3.63) is 65.7 Å². The van der Waals surface area contributed by atoms with Gasteiger partial charge in [0.05, 0.1) is 19.7 Å². The first kappa shape index (κ1) is 33.8. The molecule has 4 atom stereocenters. The van der Waals surface area contributed by atoms with Crippen molar-refractivity contribution < 1.29 is 33.8 Å². The number of carbonyl (C=O) groups excluding carboxylic acids is 5. The van der Waals surface area contributed by atoms with Gasteiger partial charge in [0.25, 0.3) is 0 Å². The summed E-state index contributed by atoms with van der Waals surface area (Å²) in [5.41, 5.74) is 7.47. The number of methoxy groups -OCH3 is 1. The number of carbonyl (C=O) groups is 5. The number of rotatable bonds is 15. The molecular weight excluding hydrogens is 542 g/mol. The number of nitrogens with two attached hydrogens (primary N) is 1. The number of nitrogens with one attached hydrogen (secondary N) is 4. The summed E-state index contributed by atoms with van der Waals surface area (Å²) in [6.07, 6.45) is 0.692. The zero-order valence-electron chi connectivity index (χ0n) is 24.4. The molecule has 2 aromatic carbocycles. The van der Waals surface area contributed by atoms with Gasteiger partial charge in [-0.3, -0.25) is 19.2 Å². The second-order valence-electron chi connectivity index (χ2n) is 10.4. The highest BCUT2D eigenvalue weighted by Crippen LogP contribution is 2.11. The number of amides is 4. The largest absolute Gasteiger partial charge is 0.508 e. The summed E-state index contributed by atoms with van der Waals surface area (Å²) in [4.78, 5) is 63.2. The zero-order chi connectivity index (χ0) is 31.2. The molecule has 0 aromatic heterocycles. The van der Waals surface area contributed by atoms with Crippen LogP contribution in [0.1, 0.15) is 38.3 Å². The Kier molecular flexibility index (Phi) is 13.4. The highest BCUT2D eigenvalue weighted by atomic mass is 16.5. The third-order valence-electron chi connectivity index (χ3n) is 6.35. The minimum atomic E-state index is -1.04. The van der Waals surface area contributed by atoms with Crippen LogP contribution in [0.15, 0.2) is 54.6 Å². The minimum Gasteiger partial charge on any atom is -0.508 e. The molecule has 0 heterocycles. The molecule has 228 valence electrons. The van der Waals surface area contributed by atoms with Crippen LogP contribution in [0.2, 0.25) is 0 Å². The van der Waals surface area contributed by atoms with Crippen LogP contribution in [0.4, 0.5) is 0 Å². The van der Waals surface area contributed by atoms with Crippen molar-refractivity contribution in [1.29, 1.82) is 0 Å². The number of phenolic OH excluding ortho intramolecular Hbond substituents is 1. The molecule has 0 unspecified atom stereocenters. The van der Waals surface area contributed by atoms with E-state index in [9.17, 15) is 29.1 Å². The van der Waals surface area contributed by atoms with Crippen molar-refractivity contribution in [2.24, 2.45) is 11.7 Å². The monoisotopic (exact) mass is 583 g/mol. The Labute approximate surface area is 245 Å². The Morgan fingerprint density at radius 1 is 0.786 bits per heavy atom. The molecule has 0 saturated heterocycles. The molecule has 12 nitrogen and oxygen atoms in total. The molecule has 0 spiro atoms. The van der Waals surface area contributed by atoms with Gasteiger partial charge in [0.2, 0.25) is 23.6 Å². The van der Waals surface area contributed by atoms with Crippen molar-refractivity contribution in [3.8, 4) is 5.75 Å². The molecule has 7 N–H and O–H groups in total. The average Bonchev–Trinajstić information content (AvgIpc) is 2.96. The number of benzene rings is 2. The van der Waals surface area contributed by atoms with Crippen LogP contribution < -0.4 is 27.0 Å². The van der Waals surface area contributed by atoms with Crippen LogP contribution in [0.25, 0.3) is 0 Å². The van der Waals surface area contributed by atoms with Gasteiger partial charge in [-0.15, -0.1) is 0 Å². The normalized spacial score (nSPS) is 13.7. The number of phenols is 1. The number of hydrogen-bond acceptors (Lipinski definition) is 8. The van der Waals surface area contributed by atoms with Crippen molar-refractivity contribution in [2.75, 3.05) is 13.7 Å². The summed E-state index contributed by atoms with van der Waals surface area (Å²) in [6.45, 7) is 4.80. The van der Waals surface area contributed by atoms with E-state index in [1.807, 2.05) is 19.9 Å². The first-order chi connectivity index (χ1) is 19.9. The molecule has 0 aliphatic carbocycles. The van der Waals surface area contributed by atoms with Crippen molar-refractivity contribution in [2.45, 2.75) is 64.2 Å². The molecule has 42 heavy (non-hydrogen) atoms. The molecule has 0 radical (unpaired) electrons. The molecule has 4 amide bonds. The first-order valence-corrected chi connectivity index (χ1v) is 13.7. The van der Waals surface area contributed by atoms with Gasteiger partial charge in [-0.2, -0.15) is 0 Å². The maximum Gasteiger partial charge on any atom is 0.328 e. The van der Waals surface area contributed by atoms with Crippen LogP contribution in [0, 0.1) is 5.92 Å². The Balaban J connectivity index is 1.96. The Morgan fingerprint density at radius 3 is 2.00 bits per heavy atom. The average molecular weight is 584 g/mol. The van der Waals surface area contributed by atoms with E-state index in [1.54, 1.807) is 36.4 Å². The van der Waals surface area contributed by atoms with Crippen LogP contribution in [-0.4, -0.2) is 72.5 Å². The molecule has 2 rings (SSSR count). The second-order valence-corrected chi connectivity index (χ2v) is 10.4. The minimum absolute atomic E-state index is 0.0923. The maximum absolute atomic E-state index is 13.2.